The Bertz CT molecular complexity index is 510. The lowest BCUT2D eigenvalue weighted by atomic mass is 9.95. The van der Waals surface area contributed by atoms with Gasteiger partial charge in [-0.3, -0.25) is 0 Å². The van der Waals surface area contributed by atoms with Gasteiger partial charge in [0, 0.05) is 22.5 Å². The number of hydrogen-bond acceptors (Lipinski definition) is 2. The van der Waals surface area contributed by atoms with Crippen LogP contribution in [0.3, 0.4) is 0 Å². The fourth-order valence-electron chi connectivity index (χ4n) is 2.17. The zero-order valence-corrected chi connectivity index (χ0v) is 14.5. The largest absolute Gasteiger partial charge is 0.478 e. The zero-order chi connectivity index (χ0) is 16.7. The second-order valence-electron chi connectivity index (χ2n) is 5.34. The number of nitrogen functional groups attached to an aromatic ring is 1. The minimum Gasteiger partial charge on any atom is -0.478 e. The van der Waals surface area contributed by atoms with Crippen LogP contribution < -0.4 is 5.73 Å². The number of hydrogen-bond donors (Lipinski definition) is 2. The van der Waals surface area contributed by atoms with E-state index in [4.69, 9.17) is 34.0 Å². The number of alkyl halides is 2. The molecule has 0 saturated carbocycles. The van der Waals surface area contributed by atoms with Crippen molar-refractivity contribution in [2.24, 2.45) is 0 Å². The first-order valence-corrected chi connectivity index (χ1v) is 8.35. The van der Waals surface area contributed by atoms with Crippen molar-refractivity contribution in [3.63, 3.8) is 0 Å². The van der Waals surface area contributed by atoms with Crippen LogP contribution >= 0.6 is 23.2 Å². The number of carbonyl (C=O) groups is 1. The fraction of sp³-hybridized carbons (Fsp3) is 0.471. The molecule has 1 aromatic carbocycles. The summed E-state index contributed by atoms with van der Waals surface area (Å²) in [7, 11) is 0. The molecule has 2 unspecified atom stereocenters. The molecule has 0 radical (unpaired) electrons. The monoisotopic (exact) mass is 343 g/mol. The molecular weight excluding hydrogens is 321 g/mol. The molecule has 122 valence electrons. The van der Waals surface area contributed by atoms with Gasteiger partial charge in [0.1, 0.15) is 0 Å². The average molecular weight is 344 g/mol. The Kier molecular flexibility index (Phi) is 7.77. The van der Waals surface area contributed by atoms with Gasteiger partial charge in [0.15, 0.2) is 0 Å². The molecule has 22 heavy (non-hydrogen) atoms. The lowest BCUT2D eigenvalue weighted by Gasteiger charge is -2.16. The number of anilines is 1. The van der Waals surface area contributed by atoms with Crippen LogP contribution in [-0.2, 0) is 17.6 Å². The Morgan fingerprint density at radius 2 is 1.64 bits per heavy atom. The van der Waals surface area contributed by atoms with Gasteiger partial charge in [-0.1, -0.05) is 13.8 Å². The van der Waals surface area contributed by atoms with E-state index < -0.39 is 5.97 Å². The van der Waals surface area contributed by atoms with Gasteiger partial charge in [0.25, 0.3) is 0 Å². The van der Waals surface area contributed by atoms with Crippen molar-refractivity contribution in [3.05, 3.63) is 34.9 Å². The molecule has 0 spiro atoms. The highest BCUT2D eigenvalue weighted by atomic mass is 35.5. The Hall–Kier alpha value is -1.19. The normalized spacial score (nSPS) is 14.2. The highest BCUT2D eigenvalue weighted by molar-refractivity contribution is 6.21. The molecule has 0 aromatic heterocycles. The van der Waals surface area contributed by atoms with Crippen LogP contribution in [0, 0.1) is 0 Å². The second-order valence-corrected chi connectivity index (χ2v) is 6.58. The standard InChI is InChI=1S/C17H23Cl2NO2/c1-3-14(18)9-12-7-11(5-6-16(21)22)8-13(17(12)20)10-15(19)4-2/h5-8,14-15H,3-4,9-10,20H2,1-2H3,(H,21,22). The average Bonchev–Trinajstić information content (AvgIpc) is 2.48. The molecular formula is C17H23Cl2NO2. The molecule has 1 rings (SSSR count). The molecule has 3 N–H and O–H groups in total. The van der Waals surface area contributed by atoms with Crippen molar-refractivity contribution < 1.29 is 9.90 Å². The van der Waals surface area contributed by atoms with E-state index in [9.17, 15) is 4.79 Å². The van der Waals surface area contributed by atoms with Crippen molar-refractivity contribution in [3.8, 4) is 0 Å². The Labute approximate surface area is 142 Å². The van der Waals surface area contributed by atoms with Gasteiger partial charge in [-0.05, 0) is 60.6 Å². The van der Waals surface area contributed by atoms with Crippen molar-refractivity contribution >= 4 is 40.9 Å². The van der Waals surface area contributed by atoms with Crippen LogP contribution in [-0.4, -0.2) is 21.8 Å². The van der Waals surface area contributed by atoms with E-state index in [0.29, 0.717) is 18.5 Å². The number of rotatable bonds is 8. The van der Waals surface area contributed by atoms with Crippen molar-refractivity contribution in [2.45, 2.75) is 50.3 Å². The van der Waals surface area contributed by atoms with E-state index in [0.717, 1.165) is 35.6 Å². The number of aliphatic carboxylic acids is 1. The maximum Gasteiger partial charge on any atom is 0.328 e. The molecule has 0 aliphatic carbocycles. The third-order valence-corrected chi connectivity index (χ3v) is 4.49. The van der Waals surface area contributed by atoms with E-state index in [1.807, 2.05) is 26.0 Å². The van der Waals surface area contributed by atoms with Crippen LogP contribution in [0.5, 0.6) is 0 Å². The van der Waals surface area contributed by atoms with Crippen LogP contribution in [0.15, 0.2) is 18.2 Å². The van der Waals surface area contributed by atoms with Gasteiger partial charge in [0.2, 0.25) is 0 Å². The smallest absolute Gasteiger partial charge is 0.328 e. The van der Waals surface area contributed by atoms with Crippen molar-refractivity contribution in [1.29, 1.82) is 0 Å². The van der Waals surface area contributed by atoms with Gasteiger partial charge in [-0.25, -0.2) is 4.79 Å². The highest BCUT2D eigenvalue weighted by Crippen LogP contribution is 2.27. The number of carboxylic acid groups (broad SMARTS) is 1. The highest BCUT2D eigenvalue weighted by Gasteiger charge is 2.13. The topological polar surface area (TPSA) is 63.3 Å². The zero-order valence-electron chi connectivity index (χ0n) is 13.0. The first-order valence-electron chi connectivity index (χ1n) is 7.47. The molecule has 0 heterocycles. The van der Waals surface area contributed by atoms with Gasteiger partial charge in [-0.2, -0.15) is 0 Å². The second kappa shape index (κ2) is 9.06. The van der Waals surface area contributed by atoms with Gasteiger partial charge in [0.05, 0.1) is 0 Å². The summed E-state index contributed by atoms with van der Waals surface area (Å²) in [6.45, 7) is 4.05. The summed E-state index contributed by atoms with van der Waals surface area (Å²) in [5, 5.41) is 8.79. The molecule has 2 atom stereocenters. The summed E-state index contributed by atoms with van der Waals surface area (Å²) in [5.74, 6) is -0.979. The summed E-state index contributed by atoms with van der Waals surface area (Å²) in [4.78, 5) is 10.7. The Balaban J connectivity index is 3.20. The number of halogens is 2. The number of benzene rings is 1. The summed E-state index contributed by atoms with van der Waals surface area (Å²) < 4.78 is 0. The van der Waals surface area contributed by atoms with E-state index in [-0.39, 0.29) is 10.8 Å². The number of carboxylic acids is 1. The lowest BCUT2D eigenvalue weighted by Crippen LogP contribution is -2.10. The quantitative estimate of drug-likeness (QED) is 0.415. The minimum absolute atomic E-state index is 0.00632. The fourth-order valence-corrected chi connectivity index (χ4v) is 2.51. The van der Waals surface area contributed by atoms with Crippen LogP contribution in [0.1, 0.15) is 43.4 Å². The summed E-state index contributed by atoms with van der Waals surface area (Å²) >= 11 is 12.5. The van der Waals surface area contributed by atoms with Crippen LogP contribution in [0.4, 0.5) is 5.69 Å². The predicted molar refractivity (Wildman–Crippen MR) is 94.8 cm³/mol. The number of nitrogens with two attached hydrogens (primary N) is 1. The maximum atomic E-state index is 10.7. The molecule has 1 aromatic rings. The van der Waals surface area contributed by atoms with E-state index in [1.54, 1.807) is 6.08 Å². The molecule has 0 bridgehead atoms. The van der Waals surface area contributed by atoms with Crippen LogP contribution in [0.2, 0.25) is 0 Å². The third kappa shape index (κ3) is 5.90. The molecule has 5 heteroatoms. The minimum atomic E-state index is -0.979. The predicted octanol–water partition coefficient (Wildman–Crippen LogP) is 4.49. The van der Waals surface area contributed by atoms with Gasteiger partial charge in [-0.15, -0.1) is 23.2 Å². The molecule has 0 fully saturated rings. The first-order chi connectivity index (χ1) is 10.4. The third-order valence-electron chi connectivity index (χ3n) is 3.56. The van der Waals surface area contributed by atoms with Gasteiger partial charge >= 0.3 is 5.97 Å². The van der Waals surface area contributed by atoms with E-state index in [1.165, 1.54) is 0 Å². The van der Waals surface area contributed by atoms with E-state index >= 15 is 0 Å². The van der Waals surface area contributed by atoms with Gasteiger partial charge < -0.3 is 10.8 Å². The molecule has 0 aliphatic rings. The molecule has 0 saturated heterocycles. The Morgan fingerprint density at radius 3 is 2.00 bits per heavy atom. The van der Waals surface area contributed by atoms with Crippen LogP contribution in [0.25, 0.3) is 6.08 Å². The lowest BCUT2D eigenvalue weighted by molar-refractivity contribution is -0.131. The summed E-state index contributed by atoms with van der Waals surface area (Å²) in [5.41, 5.74) is 9.67. The van der Waals surface area contributed by atoms with E-state index in [2.05, 4.69) is 0 Å². The maximum absolute atomic E-state index is 10.7. The molecule has 0 aliphatic heterocycles. The van der Waals surface area contributed by atoms with Crippen molar-refractivity contribution in [1.82, 2.24) is 0 Å². The van der Waals surface area contributed by atoms with Crippen molar-refractivity contribution in [2.75, 3.05) is 5.73 Å². The summed E-state index contributed by atoms with van der Waals surface area (Å²) in [6, 6.07) is 3.80. The SMILES string of the molecule is CCC(Cl)Cc1cc(C=CC(=O)O)cc(CC(Cl)CC)c1N. The molecule has 0 amide bonds. The first kappa shape index (κ1) is 18.9. The summed E-state index contributed by atoms with van der Waals surface area (Å²) in [6.07, 6.45) is 5.70. The molecule has 3 nitrogen and oxygen atoms in total. The Morgan fingerprint density at radius 1 is 1.18 bits per heavy atom.